The van der Waals surface area contributed by atoms with Crippen LogP contribution in [-0.4, -0.2) is 44.5 Å². The molecule has 0 heterocycles. The molecule has 0 aliphatic rings. The normalized spacial score (nSPS) is 9.67. The number of nitrogens with zero attached hydrogens (tertiary/aromatic N) is 1. The van der Waals surface area contributed by atoms with E-state index in [2.05, 4.69) is 34.7 Å². The van der Waals surface area contributed by atoms with Gasteiger partial charge in [-0.3, -0.25) is 4.79 Å². The SMILES string of the molecule is CNCCCC(=O)NCCN(C)Cc1ccccc1.Cl.Cl. The third-order valence-corrected chi connectivity index (χ3v) is 2.94. The van der Waals surface area contributed by atoms with E-state index in [4.69, 9.17) is 0 Å². The summed E-state index contributed by atoms with van der Waals surface area (Å²) in [5, 5.41) is 5.99. The van der Waals surface area contributed by atoms with Crippen molar-refractivity contribution in [2.45, 2.75) is 19.4 Å². The molecule has 2 N–H and O–H groups in total. The van der Waals surface area contributed by atoms with Crippen LogP contribution in [0.2, 0.25) is 0 Å². The van der Waals surface area contributed by atoms with Crippen molar-refractivity contribution in [2.24, 2.45) is 0 Å². The van der Waals surface area contributed by atoms with Crippen molar-refractivity contribution in [1.82, 2.24) is 15.5 Å². The molecule has 6 heteroatoms. The fraction of sp³-hybridized carbons (Fsp3) is 0.533. The fourth-order valence-corrected chi connectivity index (χ4v) is 1.87. The van der Waals surface area contributed by atoms with E-state index >= 15 is 0 Å². The summed E-state index contributed by atoms with van der Waals surface area (Å²) in [5.41, 5.74) is 1.30. The van der Waals surface area contributed by atoms with Crippen LogP contribution in [-0.2, 0) is 11.3 Å². The lowest BCUT2D eigenvalue weighted by Gasteiger charge is -2.17. The van der Waals surface area contributed by atoms with Gasteiger partial charge in [-0.05, 0) is 32.6 Å². The highest BCUT2D eigenvalue weighted by Crippen LogP contribution is 2.01. The summed E-state index contributed by atoms with van der Waals surface area (Å²) < 4.78 is 0. The second-order valence-corrected chi connectivity index (χ2v) is 4.78. The molecule has 1 rings (SSSR count). The number of hydrogen-bond acceptors (Lipinski definition) is 3. The van der Waals surface area contributed by atoms with E-state index in [9.17, 15) is 4.79 Å². The molecule has 0 bridgehead atoms. The molecule has 0 spiro atoms. The van der Waals surface area contributed by atoms with E-state index in [0.717, 1.165) is 26.1 Å². The quantitative estimate of drug-likeness (QED) is 0.679. The molecule has 0 saturated carbocycles. The molecule has 0 aliphatic carbocycles. The lowest BCUT2D eigenvalue weighted by Crippen LogP contribution is -2.32. The standard InChI is InChI=1S/C15H25N3O.2ClH/c1-16-10-6-9-15(19)17-11-12-18(2)13-14-7-4-3-5-8-14;;/h3-5,7-8,16H,6,9-13H2,1-2H3,(H,17,19);2*1H. The van der Waals surface area contributed by atoms with E-state index in [-0.39, 0.29) is 30.7 Å². The predicted octanol–water partition coefficient (Wildman–Crippen LogP) is 2.08. The maximum Gasteiger partial charge on any atom is 0.220 e. The van der Waals surface area contributed by atoms with Gasteiger partial charge in [0.05, 0.1) is 0 Å². The molecule has 0 fully saturated rings. The van der Waals surface area contributed by atoms with Gasteiger partial charge in [0.2, 0.25) is 5.91 Å². The van der Waals surface area contributed by atoms with Gasteiger partial charge in [0.1, 0.15) is 0 Å². The van der Waals surface area contributed by atoms with Crippen LogP contribution in [0.15, 0.2) is 30.3 Å². The number of rotatable bonds is 9. The first-order chi connectivity index (χ1) is 9.22. The highest BCUT2D eigenvalue weighted by Gasteiger charge is 2.02. The zero-order valence-electron chi connectivity index (χ0n) is 12.8. The summed E-state index contributed by atoms with van der Waals surface area (Å²) in [6.45, 7) is 3.38. The minimum absolute atomic E-state index is 0. The van der Waals surface area contributed by atoms with Crippen LogP contribution in [0, 0.1) is 0 Å². The van der Waals surface area contributed by atoms with Crippen LogP contribution in [0.1, 0.15) is 18.4 Å². The number of amides is 1. The molecule has 0 unspecified atom stereocenters. The van der Waals surface area contributed by atoms with Gasteiger partial charge < -0.3 is 15.5 Å². The Morgan fingerprint density at radius 1 is 1.14 bits per heavy atom. The maximum absolute atomic E-state index is 11.5. The lowest BCUT2D eigenvalue weighted by atomic mass is 10.2. The second kappa shape index (κ2) is 14.1. The van der Waals surface area contributed by atoms with Gasteiger partial charge in [0.15, 0.2) is 0 Å². The first-order valence-corrected chi connectivity index (χ1v) is 6.86. The Morgan fingerprint density at radius 3 is 2.43 bits per heavy atom. The molecule has 1 aromatic rings. The zero-order chi connectivity index (χ0) is 13.9. The van der Waals surface area contributed by atoms with Gasteiger partial charge >= 0.3 is 0 Å². The van der Waals surface area contributed by atoms with E-state index in [1.54, 1.807) is 0 Å². The Balaban J connectivity index is 0. The van der Waals surface area contributed by atoms with Crippen LogP contribution in [0.4, 0.5) is 0 Å². The van der Waals surface area contributed by atoms with Crippen LogP contribution in [0.3, 0.4) is 0 Å². The van der Waals surface area contributed by atoms with Gasteiger partial charge in [0.25, 0.3) is 0 Å². The average Bonchev–Trinajstić information content (AvgIpc) is 2.40. The first-order valence-electron chi connectivity index (χ1n) is 6.86. The van der Waals surface area contributed by atoms with E-state index < -0.39 is 0 Å². The predicted molar refractivity (Wildman–Crippen MR) is 93.4 cm³/mol. The van der Waals surface area contributed by atoms with Gasteiger partial charge in [-0.2, -0.15) is 0 Å². The van der Waals surface area contributed by atoms with Crippen LogP contribution in [0.5, 0.6) is 0 Å². The molecule has 0 radical (unpaired) electrons. The summed E-state index contributed by atoms with van der Waals surface area (Å²) in [6, 6.07) is 10.4. The summed E-state index contributed by atoms with van der Waals surface area (Å²) in [6.07, 6.45) is 1.49. The second-order valence-electron chi connectivity index (χ2n) is 4.78. The largest absolute Gasteiger partial charge is 0.355 e. The molecule has 4 nitrogen and oxygen atoms in total. The number of halogens is 2. The van der Waals surface area contributed by atoms with Crippen LogP contribution < -0.4 is 10.6 Å². The highest BCUT2D eigenvalue weighted by atomic mass is 35.5. The topological polar surface area (TPSA) is 44.4 Å². The van der Waals surface area contributed by atoms with Crippen molar-refractivity contribution < 1.29 is 4.79 Å². The smallest absolute Gasteiger partial charge is 0.220 e. The number of benzene rings is 1. The third kappa shape index (κ3) is 11.5. The summed E-state index contributed by atoms with van der Waals surface area (Å²) >= 11 is 0. The molecular weight excluding hydrogens is 309 g/mol. The molecule has 1 amide bonds. The molecule has 0 atom stereocenters. The highest BCUT2D eigenvalue weighted by molar-refractivity contribution is 5.85. The zero-order valence-corrected chi connectivity index (χ0v) is 14.4. The molecule has 1 aromatic carbocycles. The van der Waals surface area contributed by atoms with E-state index in [1.165, 1.54) is 5.56 Å². The number of carbonyl (C=O) groups is 1. The Morgan fingerprint density at radius 2 is 1.81 bits per heavy atom. The molecule has 122 valence electrons. The third-order valence-electron chi connectivity index (χ3n) is 2.94. The summed E-state index contributed by atoms with van der Waals surface area (Å²) in [5.74, 6) is 0.142. The Hall–Kier alpha value is -0.810. The molecule has 21 heavy (non-hydrogen) atoms. The molecule has 0 aromatic heterocycles. The number of carbonyl (C=O) groups excluding carboxylic acids is 1. The van der Waals surface area contributed by atoms with Gasteiger partial charge in [-0.1, -0.05) is 30.3 Å². The first kappa shape index (κ1) is 22.5. The lowest BCUT2D eigenvalue weighted by molar-refractivity contribution is -0.121. The van der Waals surface area contributed by atoms with Crippen LogP contribution >= 0.6 is 24.8 Å². The van der Waals surface area contributed by atoms with E-state index in [1.807, 2.05) is 25.2 Å². The van der Waals surface area contributed by atoms with Crippen LogP contribution in [0.25, 0.3) is 0 Å². The van der Waals surface area contributed by atoms with Gasteiger partial charge in [0, 0.05) is 26.1 Å². The average molecular weight is 336 g/mol. The fourth-order valence-electron chi connectivity index (χ4n) is 1.87. The van der Waals surface area contributed by atoms with E-state index in [0.29, 0.717) is 13.0 Å². The van der Waals surface area contributed by atoms with Crippen molar-refractivity contribution in [1.29, 1.82) is 0 Å². The summed E-state index contributed by atoms with van der Waals surface area (Å²) in [7, 11) is 3.97. The van der Waals surface area contributed by atoms with Gasteiger partial charge in [-0.25, -0.2) is 0 Å². The van der Waals surface area contributed by atoms with Crippen molar-refractivity contribution in [2.75, 3.05) is 33.7 Å². The Labute approximate surface area is 140 Å². The molecule has 0 aliphatic heterocycles. The monoisotopic (exact) mass is 335 g/mol. The Bertz CT molecular complexity index is 363. The minimum Gasteiger partial charge on any atom is -0.355 e. The summed E-state index contributed by atoms with van der Waals surface area (Å²) in [4.78, 5) is 13.7. The van der Waals surface area contributed by atoms with Crippen molar-refractivity contribution in [3.8, 4) is 0 Å². The number of nitrogens with one attached hydrogen (secondary N) is 2. The maximum atomic E-state index is 11.5. The molecular formula is C15H27Cl2N3O. The van der Waals surface area contributed by atoms with Crippen molar-refractivity contribution >= 4 is 30.7 Å². The van der Waals surface area contributed by atoms with Crippen molar-refractivity contribution in [3.05, 3.63) is 35.9 Å². The number of hydrogen-bond donors (Lipinski definition) is 2. The Kier molecular flexibility index (Phi) is 15.1. The van der Waals surface area contributed by atoms with Gasteiger partial charge in [-0.15, -0.1) is 24.8 Å². The number of likely N-dealkylation sites (N-methyl/N-ethyl adjacent to an activating group) is 1. The van der Waals surface area contributed by atoms with Crippen molar-refractivity contribution in [3.63, 3.8) is 0 Å². The molecule has 0 saturated heterocycles. The minimum atomic E-state index is 0.